The average Bonchev–Trinajstić information content (AvgIpc) is 3.11. The van der Waals surface area contributed by atoms with Gasteiger partial charge in [-0.25, -0.2) is 9.83 Å². The predicted octanol–water partition coefficient (Wildman–Crippen LogP) is 5.04. The van der Waals surface area contributed by atoms with Crippen molar-refractivity contribution in [3.63, 3.8) is 0 Å². The maximum atomic E-state index is 9.09. The summed E-state index contributed by atoms with van der Waals surface area (Å²) in [4.78, 5) is 8.10. The zero-order valence-electron chi connectivity index (χ0n) is 13.6. The van der Waals surface area contributed by atoms with Gasteiger partial charge in [0.1, 0.15) is 5.76 Å². The number of nitriles is 1. The Morgan fingerprint density at radius 2 is 2.08 bits per heavy atom. The molecule has 1 atom stereocenters. The first-order valence-electron chi connectivity index (χ1n) is 8.23. The minimum absolute atomic E-state index is 0.344. The second-order valence-electron chi connectivity index (χ2n) is 6.23. The van der Waals surface area contributed by atoms with E-state index in [-0.39, 0.29) is 0 Å². The van der Waals surface area contributed by atoms with E-state index >= 15 is 0 Å². The normalized spacial score (nSPS) is 15.8. The molecule has 0 bridgehead atoms. The molecule has 4 nitrogen and oxygen atoms in total. The molecule has 1 heterocycles. The van der Waals surface area contributed by atoms with Crippen LogP contribution in [0.25, 0.3) is 16.3 Å². The molecule has 1 unspecified atom stereocenters. The Morgan fingerprint density at radius 1 is 1.20 bits per heavy atom. The molecule has 0 aliphatic heterocycles. The van der Waals surface area contributed by atoms with Gasteiger partial charge in [-0.05, 0) is 42.5 Å². The summed E-state index contributed by atoms with van der Waals surface area (Å²) in [5.41, 5.74) is 4.30. The second-order valence-corrected chi connectivity index (χ2v) is 6.23. The number of aryl methyl sites for hydroxylation is 1. The molecular formula is C21H15N3O. The third kappa shape index (κ3) is 2.91. The first-order valence-corrected chi connectivity index (χ1v) is 8.23. The first-order chi connectivity index (χ1) is 12.3. The van der Waals surface area contributed by atoms with Crippen molar-refractivity contribution >= 4 is 5.69 Å². The van der Waals surface area contributed by atoms with E-state index in [1.807, 2.05) is 30.3 Å². The summed E-state index contributed by atoms with van der Waals surface area (Å²) in [6.07, 6.45) is 2.65. The minimum Gasteiger partial charge on any atom is -0.441 e. The highest BCUT2D eigenvalue weighted by molar-refractivity contribution is 5.62. The number of nitrogens with zero attached hydrogens (tertiary/aromatic N) is 3. The third-order valence-corrected chi connectivity index (χ3v) is 4.65. The summed E-state index contributed by atoms with van der Waals surface area (Å²) >= 11 is 0. The SMILES string of the molecule is [C-]#[N+]c1cccc(-c2nc3c(o2)CC(c2cccc(C#N)c2)CC3)c1. The number of benzene rings is 2. The fraction of sp³-hybridized carbons (Fsp3) is 0.190. The van der Waals surface area contributed by atoms with E-state index in [0.29, 0.717) is 23.1 Å². The topological polar surface area (TPSA) is 54.2 Å². The van der Waals surface area contributed by atoms with Crippen LogP contribution in [0.3, 0.4) is 0 Å². The molecule has 1 aliphatic carbocycles. The molecule has 0 spiro atoms. The molecule has 4 rings (SSSR count). The molecular weight excluding hydrogens is 310 g/mol. The van der Waals surface area contributed by atoms with Gasteiger partial charge in [0.2, 0.25) is 5.89 Å². The zero-order chi connectivity index (χ0) is 17.2. The van der Waals surface area contributed by atoms with Crippen LogP contribution in [0, 0.1) is 17.9 Å². The van der Waals surface area contributed by atoms with Gasteiger partial charge in [-0.1, -0.05) is 30.3 Å². The molecule has 0 saturated heterocycles. The molecule has 0 N–H and O–H groups in total. The Balaban J connectivity index is 1.63. The summed E-state index contributed by atoms with van der Waals surface area (Å²) < 4.78 is 6.02. The van der Waals surface area contributed by atoms with Crippen molar-refractivity contribution in [1.82, 2.24) is 4.98 Å². The van der Waals surface area contributed by atoms with Crippen LogP contribution >= 0.6 is 0 Å². The summed E-state index contributed by atoms with van der Waals surface area (Å²) in [6, 6.07) is 17.4. The lowest BCUT2D eigenvalue weighted by Crippen LogP contribution is -2.11. The first kappa shape index (κ1) is 15.2. The molecule has 4 heteroatoms. The Morgan fingerprint density at radius 3 is 2.92 bits per heavy atom. The quantitative estimate of drug-likeness (QED) is 0.620. The predicted molar refractivity (Wildman–Crippen MR) is 94.1 cm³/mol. The lowest BCUT2D eigenvalue weighted by Gasteiger charge is -2.20. The highest BCUT2D eigenvalue weighted by atomic mass is 16.4. The van der Waals surface area contributed by atoms with Crippen molar-refractivity contribution in [3.05, 3.63) is 82.5 Å². The van der Waals surface area contributed by atoms with E-state index in [4.69, 9.17) is 16.3 Å². The number of fused-ring (bicyclic) bond motifs is 1. The van der Waals surface area contributed by atoms with Crippen LogP contribution in [-0.4, -0.2) is 4.98 Å². The van der Waals surface area contributed by atoms with Gasteiger partial charge in [-0.2, -0.15) is 5.26 Å². The van der Waals surface area contributed by atoms with Gasteiger partial charge in [-0.3, -0.25) is 0 Å². The number of aromatic nitrogens is 1. The van der Waals surface area contributed by atoms with Crippen molar-refractivity contribution in [3.8, 4) is 17.5 Å². The van der Waals surface area contributed by atoms with Gasteiger partial charge in [0.25, 0.3) is 0 Å². The van der Waals surface area contributed by atoms with Crippen LogP contribution < -0.4 is 0 Å². The third-order valence-electron chi connectivity index (χ3n) is 4.65. The maximum absolute atomic E-state index is 9.09. The van der Waals surface area contributed by atoms with Crippen molar-refractivity contribution in [2.75, 3.05) is 0 Å². The molecule has 0 fully saturated rings. The molecule has 0 amide bonds. The van der Waals surface area contributed by atoms with Crippen molar-refractivity contribution in [1.29, 1.82) is 5.26 Å². The molecule has 120 valence electrons. The number of oxazole rings is 1. The van der Waals surface area contributed by atoms with E-state index < -0.39 is 0 Å². The second kappa shape index (κ2) is 6.26. The summed E-state index contributed by atoms with van der Waals surface area (Å²) in [6.45, 7) is 7.14. The standard InChI is InChI=1S/C21H15N3O/c1-23-18-7-3-6-17(11-18)21-24-19-9-8-16(12-20(19)25-21)15-5-2-4-14(10-15)13-22/h2-7,10-11,16H,8-9,12H2. The van der Waals surface area contributed by atoms with Gasteiger partial charge in [-0.15, -0.1) is 0 Å². The van der Waals surface area contributed by atoms with Crippen molar-refractivity contribution in [2.24, 2.45) is 0 Å². The van der Waals surface area contributed by atoms with E-state index in [2.05, 4.69) is 22.0 Å². The smallest absolute Gasteiger partial charge is 0.225 e. The van der Waals surface area contributed by atoms with Gasteiger partial charge in [0, 0.05) is 12.0 Å². The Labute approximate surface area is 146 Å². The molecule has 0 radical (unpaired) electrons. The number of rotatable bonds is 2. The van der Waals surface area contributed by atoms with Gasteiger partial charge in [0.05, 0.1) is 23.9 Å². The van der Waals surface area contributed by atoms with E-state index in [1.165, 1.54) is 5.56 Å². The largest absolute Gasteiger partial charge is 0.441 e. The summed E-state index contributed by atoms with van der Waals surface area (Å²) in [5, 5.41) is 9.09. The van der Waals surface area contributed by atoms with E-state index in [0.717, 1.165) is 36.3 Å². The minimum atomic E-state index is 0.344. The molecule has 3 aromatic rings. The van der Waals surface area contributed by atoms with Crippen LogP contribution in [0.2, 0.25) is 0 Å². The monoisotopic (exact) mass is 325 g/mol. The van der Waals surface area contributed by atoms with Gasteiger partial charge in [0.15, 0.2) is 5.69 Å². The average molecular weight is 325 g/mol. The van der Waals surface area contributed by atoms with Crippen LogP contribution in [0.5, 0.6) is 0 Å². The summed E-state index contributed by atoms with van der Waals surface area (Å²) in [7, 11) is 0. The van der Waals surface area contributed by atoms with Crippen LogP contribution in [0.4, 0.5) is 5.69 Å². The molecule has 1 aromatic heterocycles. The number of hydrogen-bond acceptors (Lipinski definition) is 3. The summed E-state index contributed by atoms with van der Waals surface area (Å²) in [5.74, 6) is 1.85. The molecule has 25 heavy (non-hydrogen) atoms. The van der Waals surface area contributed by atoms with Crippen molar-refractivity contribution in [2.45, 2.75) is 25.2 Å². The lowest BCUT2D eigenvalue weighted by atomic mass is 9.84. The fourth-order valence-electron chi connectivity index (χ4n) is 3.35. The van der Waals surface area contributed by atoms with Gasteiger partial charge < -0.3 is 4.42 Å². The molecule has 1 aliphatic rings. The van der Waals surface area contributed by atoms with Gasteiger partial charge >= 0.3 is 0 Å². The highest BCUT2D eigenvalue weighted by Crippen LogP contribution is 2.35. The highest BCUT2D eigenvalue weighted by Gasteiger charge is 2.25. The number of hydrogen-bond donors (Lipinski definition) is 0. The Hall–Kier alpha value is -3.37. The van der Waals surface area contributed by atoms with Crippen molar-refractivity contribution < 1.29 is 4.42 Å². The maximum Gasteiger partial charge on any atom is 0.225 e. The lowest BCUT2D eigenvalue weighted by molar-refractivity contribution is 0.458. The van der Waals surface area contributed by atoms with E-state index in [9.17, 15) is 0 Å². The zero-order valence-corrected chi connectivity index (χ0v) is 13.6. The van der Waals surface area contributed by atoms with E-state index in [1.54, 1.807) is 12.1 Å². The van der Waals surface area contributed by atoms with Crippen LogP contribution in [0.15, 0.2) is 52.9 Å². The van der Waals surface area contributed by atoms with Crippen LogP contribution in [-0.2, 0) is 12.8 Å². The Bertz CT molecular complexity index is 1020. The fourth-order valence-corrected chi connectivity index (χ4v) is 3.35. The molecule has 0 saturated carbocycles. The Kier molecular flexibility index (Phi) is 3.80. The van der Waals surface area contributed by atoms with Crippen LogP contribution in [0.1, 0.15) is 34.9 Å². The molecule has 2 aromatic carbocycles.